The smallest absolute Gasteiger partial charge is 0.258 e. The summed E-state index contributed by atoms with van der Waals surface area (Å²) in [5.41, 5.74) is 2.48. The molecule has 0 aliphatic carbocycles. The SMILES string of the molecule is CC(Nc1nc(NN)nc(-n2cncn2)n1)C(C)(C)C. The van der Waals surface area contributed by atoms with Gasteiger partial charge in [0.1, 0.15) is 12.7 Å². The van der Waals surface area contributed by atoms with Crippen molar-refractivity contribution in [2.45, 2.75) is 33.7 Å². The van der Waals surface area contributed by atoms with Gasteiger partial charge in [-0.05, 0) is 12.3 Å². The lowest BCUT2D eigenvalue weighted by atomic mass is 9.88. The van der Waals surface area contributed by atoms with Gasteiger partial charge in [-0.1, -0.05) is 20.8 Å². The van der Waals surface area contributed by atoms with Crippen LogP contribution in [-0.4, -0.2) is 35.8 Å². The number of nitrogen functional groups attached to an aromatic ring is 1. The molecule has 0 bridgehead atoms. The average Bonchev–Trinajstić information content (AvgIpc) is 2.91. The Labute approximate surface area is 117 Å². The van der Waals surface area contributed by atoms with Gasteiger partial charge in [-0.2, -0.15) is 24.7 Å². The van der Waals surface area contributed by atoms with E-state index < -0.39 is 0 Å². The molecule has 0 radical (unpaired) electrons. The van der Waals surface area contributed by atoms with Crippen LogP contribution in [0.5, 0.6) is 0 Å². The standard InChI is InChI=1S/C11H19N9/c1-7(11(2,3)4)15-8-16-9(19-12)18-10(17-8)20-6-13-5-14-20/h5-7H,12H2,1-4H3,(H2,15,16,17,18,19). The van der Waals surface area contributed by atoms with Crippen LogP contribution in [0.25, 0.3) is 5.95 Å². The minimum atomic E-state index is 0.0658. The molecule has 2 rings (SSSR count). The molecule has 0 spiro atoms. The number of hydrogen-bond acceptors (Lipinski definition) is 8. The fraction of sp³-hybridized carbons (Fsp3) is 0.545. The summed E-state index contributed by atoms with van der Waals surface area (Å²) in [6.07, 6.45) is 2.91. The fourth-order valence-corrected chi connectivity index (χ4v) is 1.32. The molecule has 2 heterocycles. The van der Waals surface area contributed by atoms with Gasteiger partial charge in [-0.3, -0.25) is 5.43 Å². The third-order valence-corrected chi connectivity index (χ3v) is 3.02. The van der Waals surface area contributed by atoms with Gasteiger partial charge in [0, 0.05) is 6.04 Å². The van der Waals surface area contributed by atoms with Gasteiger partial charge in [0.05, 0.1) is 0 Å². The maximum Gasteiger partial charge on any atom is 0.258 e. The summed E-state index contributed by atoms with van der Waals surface area (Å²) in [6, 6.07) is 0.166. The number of nitrogens with zero attached hydrogens (tertiary/aromatic N) is 6. The highest BCUT2D eigenvalue weighted by atomic mass is 15.4. The molecule has 2 aromatic heterocycles. The maximum absolute atomic E-state index is 5.38. The van der Waals surface area contributed by atoms with Crippen LogP contribution in [0.1, 0.15) is 27.7 Å². The lowest BCUT2D eigenvalue weighted by Crippen LogP contribution is -2.32. The Morgan fingerprint density at radius 1 is 1.20 bits per heavy atom. The number of hydrogen-bond donors (Lipinski definition) is 3. The molecule has 0 amide bonds. The molecule has 0 aliphatic rings. The summed E-state index contributed by atoms with van der Waals surface area (Å²) in [5.74, 6) is 6.41. The molecule has 9 heteroatoms. The summed E-state index contributed by atoms with van der Waals surface area (Å²) in [7, 11) is 0. The first-order valence-corrected chi connectivity index (χ1v) is 6.24. The second-order valence-electron chi connectivity index (χ2n) is 5.50. The monoisotopic (exact) mass is 277 g/mol. The molecular formula is C11H19N9. The Morgan fingerprint density at radius 3 is 2.45 bits per heavy atom. The van der Waals surface area contributed by atoms with Crippen LogP contribution in [0.3, 0.4) is 0 Å². The highest BCUT2D eigenvalue weighted by Crippen LogP contribution is 2.21. The zero-order valence-corrected chi connectivity index (χ0v) is 12.0. The predicted octanol–water partition coefficient (Wildman–Crippen LogP) is 0.584. The molecule has 1 unspecified atom stereocenters. The van der Waals surface area contributed by atoms with E-state index in [2.05, 4.69) is 63.5 Å². The van der Waals surface area contributed by atoms with Gasteiger partial charge < -0.3 is 5.32 Å². The summed E-state index contributed by atoms with van der Waals surface area (Å²) in [6.45, 7) is 8.46. The number of anilines is 2. The van der Waals surface area contributed by atoms with Crippen LogP contribution >= 0.6 is 0 Å². The van der Waals surface area contributed by atoms with Crippen molar-refractivity contribution in [2.75, 3.05) is 10.7 Å². The van der Waals surface area contributed by atoms with Crippen molar-refractivity contribution >= 4 is 11.9 Å². The quantitative estimate of drug-likeness (QED) is 0.548. The van der Waals surface area contributed by atoms with Crippen LogP contribution in [0.15, 0.2) is 12.7 Å². The highest BCUT2D eigenvalue weighted by Gasteiger charge is 2.21. The molecule has 4 N–H and O–H groups in total. The Morgan fingerprint density at radius 2 is 1.90 bits per heavy atom. The maximum atomic E-state index is 5.38. The van der Waals surface area contributed by atoms with Crippen LogP contribution in [0.2, 0.25) is 0 Å². The van der Waals surface area contributed by atoms with Crippen molar-refractivity contribution in [3.63, 3.8) is 0 Å². The van der Waals surface area contributed by atoms with Gasteiger partial charge in [0.15, 0.2) is 0 Å². The molecule has 2 aromatic rings. The first-order valence-electron chi connectivity index (χ1n) is 6.24. The summed E-state index contributed by atoms with van der Waals surface area (Å²) in [4.78, 5) is 16.5. The van der Waals surface area contributed by atoms with Gasteiger partial charge in [0.2, 0.25) is 11.9 Å². The predicted molar refractivity (Wildman–Crippen MR) is 75.1 cm³/mol. The second kappa shape index (κ2) is 5.37. The van der Waals surface area contributed by atoms with Crippen molar-refractivity contribution in [3.8, 4) is 5.95 Å². The van der Waals surface area contributed by atoms with Crippen LogP contribution in [0, 0.1) is 5.41 Å². The van der Waals surface area contributed by atoms with E-state index in [0.29, 0.717) is 11.9 Å². The Hall–Kier alpha value is -2.29. The van der Waals surface area contributed by atoms with E-state index in [0.717, 1.165) is 0 Å². The molecule has 0 saturated heterocycles. The Kier molecular flexibility index (Phi) is 3.79. The van der Waals surface area contributed by atoms with Crippen LogP contribution in [-0.2, 0) is 0 Å². The third-order valence-electron chi connectivity index (χ3n) is 3.02. The van der Waals surface area contributed by atoms with Crippen molar-refractivity contribution in [2.24, 2.45) is 11.3 Å². The lowest BCUT2D eigenvalue weighted by Gasteiger charge is -2.28. The van der Waals surface area contributed by atoms with Crippen LogP contribution in [0.4, 0.5) is 11.9 Å². The molecule has 0 aliphatic heterocycles. The Balaban J connectivity index is 2.32. The topological polar surface area (TPSA) is 119 Å². The highest BCUT2D eigenvalue weighted by molar-refractivity contribution is 5.37. The molecule has 0 aromatic carbocycles. The van der Waals surface area contributed by atoms with E-state index in [1.54, 1.807) is 0 Å². The minimum absolute atomic E-state index is 0.0658. The molecular weight excluding hydrogens is 258 g/mol. The van der Waals surface area contributed by atoms with E-state index in [9.17, 15) is 0 Å². The number of nitrogens with two attached hydrogens (primary N) is 1. The number of hydrazine groups is 1. The van der Waals surface area contributed by atoms with Crippen molar-refractivity contribution < 1.29 is 0 Å². The number of rotatable bonds is 4. The number of nitrogens with one attached hydrogen (secondary N) is 2. The van der Waals surface area contributed by atoms with Gasteiger partial charge in [0.25, 0.3) is 5.95 Å². The first kappa shape index (κ1) is 14.1. The van der Waals surface area contributed by atoms with E-state index in [-0.39, 0.29) is 17.4 Å². The third kappa shape index (κ3) is 3.18. The van der Waals surface area contributed by atoms with Crippen molar-refractivity contribution in [1.82, 2.24) is 29.7 Å². The van der Waals surface area contributed by atoms with E-state index in [4.69, 9.17) is 5.84 Å². The molecule has 9 nitrogen and oxygen atoms in total. The second-order valence-corrected chi connectivity index (χ2v) is 5.50. The van der Waals surface area contributed by atoms with Gasteiger partial charge in [-0.25, -0.2) is 10.8 Å². The van der Waals surface area contributed by atoms with Crippen molar-refractivity contribution in [1.29, 1.82) is 0 Å². The molecule has 1 atom stereocenters. The van der Waals surface area contributed by atoms with E-state index in [1.807, 2.05) is 0 Å². The van der Waals surface area contributed by atoms with Gasteiger partial charge in [-0.15, -0.1) is 0 Å². The fourth-order valence-electron chi connectivity index (χ4n) is 1.32. The molecule has 0 saturated carbocycles. The zero-order valence-electron chi connectivity index (χ0n) is 12.0. The normalized spacial score (nSPS) is 13.1. The van der Waals surface area contributed by atoms with E-state index in [1.165, 1.54) is 17.3 Å². The summed E-state index contributed by atoms with van der Waals surface area (Å²) < 4.78 is 1.44. The molecule has 20 heavy (non-hydrogen) atoms. The average molecular weight is 277 g/mol. The zero-order chi connectivity index (χ0) is 14.8. The lowest BCUT2D eigenvalue weighted by molar-refractivity contribution is 0.358. The first-order chi connectivity index (χ1) is 9.40. The van der Waals surface area contributed by atoms with E-state index >= 15 is 0 Å². The van der Waals surface area contributed by atoms with Crippen LogP contribution < -0.4 is 16.6 Å². The molecule has 0 fully saturated rings. The number of aromatic nitrogens is 6. The van der Waals surface area contributed by atoms with Gasteiger partial charge >= 0.3 is 0 Å². The summed E-state index contributed by atoms with van der Waals surface area (Å²) >= 11 is 0. The Bertz CT molecular complexity index is 558. The summed E-state index contributed by atoms with van der Waals surface area (Å²) in [5, 5.41) is 7.23. The minimum Gasteiger partial charge on any atom is -0.351 e. The molecule has 108 valence electrons. The van der Waals surface area contributed by atoms with Crippen molar-refractivity contribution in [3.05, 3.63) is 12.7 Å². The largest absolute Gasteiger partial charge is 0.351 e.